The molecule has 18 heavy (non-hydrogen) atoms. The topological polar surface area (TPSA) is 35.0 Å². The zero-order valence-corrected chi connectivity index (χ0v) is 10.0. The quantitative estimate of drug-likeness (QED) is 0.626. The molecule has 0 radical (unpaired) electrons. The maximum Gasteiger partial charge on any atom is 0.255 e. The molecule has 94 valence electrons. The molecule has 0 saturated carbocycles. The second-order valence-electron chi connectivity index (χ2n) is 3.04. The Bertz CT molecular complexity index is 582. The fourth-order valence-corrected chi connectivity index (χ4v) is 1.45. The van der Waals surface area contributed by atoms with Gasteiger partial charge in [0.1, 0.15) is 4.60 Å². The van der Waals surface area contributed by atoms with Crippen LogP contribution in [0.5, 0.6) is 11.5 Å². The monoisotopic (exact) mass is 322 g/mol. The van der Waals surface area contributed by atoms with E-state index in [0.29, 0.717) is 0 Å². The van der Waals surface area contributed by atoms with Gasteiger partial charge >= 0.3 is 0 Å². The summed E-state index contributed by atoms with van der Waals surface area (Å²) in [4.78, 5) is 6.13. The molecule has 0 bridgehead atoms. The summed E-state index contributed by atoms with van der Waals surface area (Å²) in [7, 11) is 0. The molecule has 0 saturated heterocycles. The lowest BCUT2D eigenvalue weighted by atomic mass is 10.4. The molecule has 0 atom stereocenters. The van der Waals surface area contributed by atoms with Gasteiger partial charge < -0.3 is 4.74 Å². The minimum absolute atomic E-state index is 0.0969. The number of rotatable bonds is 2. The fraction of sp³-hybridized carbons (Fsp3) is 0. The van der Waals surface area contributed by atoms with Gasteiger partial charge in [-0.3, -0.25) is 0 Å². The van der Waals surface area contributed by atoms with E-state index in [-0.39, 0.29) is 10.4 Å². The molecule has 0 N–H and O–H groups in total. The second kappa shape index (κ2) is 4.89. The first-order valence-electron chi connectivity index (χ1n) is 4.49. The van der Waals surface area contributed by atoms with Crippen molar-refractivity contribution < 1.29 is 22.3 Å². The van der Waals surface area contributed by atoms with Crippen molar-refractivity contribution in [1.82, 2.24) is 9.97 Å². The average Bonchev–Trinajstić information content (AvgIpc) is 2.34. The van der Waals surface area contributed by atoms with E-state index >= 15 is 0 Å². The van der Waals surface area contributed by atoms with Crippen LogP contribution in [0.15, 0.2) is 22.9 Å². The highest BCUT2D eigenvalue weighted by molar-refractivity contribution is 9.10. The van der Waals surface area contributed by atoms with Crippen LogP contribution in [0, 0.1) is 23.5 Å². The normalized spacial score (nSPS) is 10.5. The molecule has 8 heteroatoms. The van der Waals surface area contributed by atoms with Gasteiger partial charge in [-0.25, -0.2) is 4.98 Å². The molecule has 0 fully saturated rings. The molecule has 0 unspecified atom stereocenters. The summed E-state index contributed by atoms with van der Waals surface area (Å²) in [5, 5.41) is 0. The van der Waals surface area contributed by atoms with Crippen LogP contribution in [0.25, 0.3) is 0 Å². The van der Waals surface area contributed by atoms with Crippen molar-refractivity contribution in [2.75, 3.05) is 0 Å². The first-order valence-corrected chi connectivity index (χ1v) is 5.28. The number of ether oxygens (including phenoxy) is 1. The zero-order chi connectivity index (χ0) is 13.3. The van der Waals surface area contributed by atoms with Crippen LogP contribution in [0.2, 0.25) is 0 Å². The van der Waals surface area contributed by atoms with Crippen molar-refractivity contribution in [1.29, 1.82) is 0 Å². The first-order chi connectivity index (χ1) is 8.50. The van der Waals surface area contributed by atoms with Gasteiger partial charge in [-0.1, -0.05) is 0 Å². The van der Waals surface area contributed by atoms with E-state index < -0.39 is 29.3 Å². The lowest BCUT2D eigenvalue weighted by Gasteiger charge is -2.09. The van der Waals surface area contributed by atoms with Crippen LogP contribution >= 0.6 is 15.9 Å². The lowest BCUT2D eigenvalue weighted by Crippen LogP contribution is -2.03. The van der Waals surface area contributed by atoms with Crippen molar-refractivity contribution in [2.45, 2.75) is 0 Å². The van der Waals surface area contributed by atoms with Crippen LogP contribution < -0.4 is 4.74 Å². The van der Waals surface area contributed by atoms with Crippen LogP contribution in [0.4, 0.5) is 17.6 Å². The maximum atomic E-state index is 13.3. The highest BCUT2D eigenvalue weighted by Gasteiger charge is 2.23. The Morgan fingerprint density at radius 1 is 1.06 bits per heavy atom. The molecule has 2 aromatic heterocycles. The van der Waals surface area contributed by atoms with Gasteiger partial charge in [0.05, 0.1) is 0 Å². The van der Waals surface area contributed by atoms with Crippen LogP contribution in [0.3, 0.4) is 0 Å². The number of hydrogen-bond donors (Lipinski definition) is 0. The molecule has 2 heterocycles. The third kappa shape index (κ3) is 2.28. The van der Waals surface area contributed by atoms with Crippen molar-refractivity contribution >= 4 is 15.9 Å². The Morgan fingerprint density at radius 3 is 2.22 bits per heavy atom. The number of halogens is 5. The van der Waals surface area contributed by atoms with Gasteiger partial charge in [-0.15, -0.1) is 0 Å². The molecule has 0 aliphatic rings. The van der Waals surface area contributed by atoms with Gasteiger partial charge in [0, 0.05) is 6.20 Å². The molecule has 0 spiro atoms. The molecule has 2 aromatic rings. The Labute approximate surface area is 107 Å². The molecule has 0 aliphatic heterocycles. The molecule has 0 aromatic carbocycles. The number of pyridine rings is 2. The summed E-state index contributed by atoms with van der Waals surface area (Å²) >= 11 is 2.96. The summed E-state index contributed by atoms with van der Waals surface area (Å²) in [5.74, 6) is -8.32. The second-order valence-corrected chi connectivity index (χ2v) is 3.80. The highest BCUT2D eigenvalue weighted by Crippen LogP contribution is 2.32. The van der Waals surface area contributed by atoms with Crippen molar-refractivity contribution in [3.05, 3.63) is 46.5 Å². The molecule has 2 rings (SSSR count). The van der Waals surface area contributed by atoms with Gasteiger partial charge in [0.25, 0.3) is 11.9 Å². The van der Waals surface area contributed by atoms with E-state index in [0.717, 1.165) is 0 Å². The van der Waals surface area contributed by atoms with Crippen LogP contribution in [0.1, 0.15) is 0 Å². The summed E-state index contributed by atoms with van der Waals surface area (Å²) in [6, 6.07) is 2.73. The minimum Gasteiger partial charge on any atom is -0.448 e. The van der Waals surface area contributed by atoms with Crippen molar-refractivity contribution in [2.24, 2.45) is 0 Å². The van der Waals surface area contributed by atoms with E-state index in [1.807, 2.05) is 0 Å². The predicted molar refractivity (Wildman–Crippen MR) is 56.1 cm³/mol. The van der Waals surface area contributed by atoms with Gasteiger partial charge in [0.15, 0.2) is 5.75 Å². The Kier molecular flexibility index (Phi) is 3.46. The average molecular weight is 323 g/mol. The van der Waals surface area contributed by atoms with E-state index in [1.165, 1.54) is 18.3 Å². The summed E-state index contributed by atoms with van der Waals surface area (Å²) in [6.45, 7) is 0. The van der Waals surface area contributed by atoms with E-state index in [2.05, 4.69) is 25.9 Å². The van der Waals surface area contributed by atoms with Gasteiger partial charge in [-0.2, -0.15) is 22.5 Å². The van der Waals surface area contributed by atoms with Crippen LogP contribution in [-0.4, -0.2) is 9.97 Å². The molecule has 3 nitrogen and oxygen atoms in total. The number of aromatic nitrogens is 2. The third-order valence-corrected chi connectivity index (χ3v) is 2.49. The van der Waals surface area contributed by atoms with Crippen molar-refractivity contribution in [3.8, 4) is 11.5 Å². The predicted octanol–water partition coefficient (Wildman–Crippen LogP) is 3.59. The summed E-state index contributed by atoms with van der Waals surface area (Å²) < 4.78 is 57.0. The van der Waals surface area contributed by atoms with E-state index in [4.69, 9.17) is 4.74 Å². The lowest BCUT2D eigenvalue weighted by molar-refractivity contribution is 0.342. The molecular formula is C10H3BrF4N2O. The zero-order valence-electron chi connectivity index (χ0n) is 8.42. The summed E-state index contributed by atoms with van der Waals surface area (Å²) in [6.07, 6.45) is 1.39. The van der Waals surface area contributed by atoms with E-state index in [1.54, 1.807) is 0 Å². The Hall–Kier alpha value is -1.70. The molecule has 0 amide bonds. The third-order valence-electron chi connectivity index (χ3n) is 1.89. The van der Waals surface area contributed by atoms with Crippen molar-refractivity contribution in [3.63, 3.8) is 0 Å². The maximum absolute atomic E-state index is 13.3. The summed E-state index contributed by atoms with van der Waals surface area (Å²) in [5.41, 5.74) is 0. The smallest absolute Gasteiger partial charge is 0.255 e. The SMILES string of the molecule is Fc1nc(F)c(F)c(Oc2cccnc2Br)c1F. The number of nitrogens with zero attached hydrogens (tertiary/aromatic N) is 2. The van der Waals surface area contributed by atoms with E-state index in [9.17, 15) is 17.6 Å². The minimum atomic E-state index is -1.79. The number of hydrogen-bond acceptors (Lipinski definition) is 3. The first kappa shape index (κ1) is 12.7. The molecular weight excluding hydrogens is 320 g/mol. The highest BCUT2D eigenvalue weighted by atomic mass is 79.9. The standard InChI is InChI=1S/C10H3BrF4N2O/c11-8-4(2-1-3-16-8)18-7-5(12)9(14)17-10(15)6(7)13/h1-3H. The Morgan fingerprint density at radius 2 is 1.67 bits per heavy atom. The van der Waals surface area contributed by atoms with Gasteiger partial charge in [0.2, 0.25) is 17.4 Å². The Balaban J connectivity index is 2.50. The van der Waals surface area contributed by atoms with Gasteiger partial charge in [-0.05, 0) is 28.1 Å². The largest absolute Gasteiger partial charge is 0.448 e. The molecule has 0 aliphatic carbocycles. The fourth-order valence-electron chi connectivity index (χ4n) is 1.12. The van der Waals surface area contributed by atoms with Crippen LogP contribution in [-0.2, 0) is 0 Å².